The molecule has 24 heavy (non-hydrogen) atoms. The van der Waals surface area contributed by atoms with Crippen LogP contribution >= 0.6 is 11.3 Å². The van der Waals surface area contributed by atoms with Crippen LogP contribution in [0.25, 0.3) is 20.9 Å². The van der Waals surface area contributed by atoms with Gasteiger partial charge in [-0.2, -0.15) is 0 Å². The number of hydrogen-bond donors (Lipinski definition) is 1. The Morgan fingerprint density at radius 2 is 1.33 bits per heavy atom. The van der Waals surface area contributed by atoms with E-state index in [9.17, 15) is 5.11 Å². The van der Waals surface area contributed by atoms with Gasteiger partial charge in [-0.05, 0) is 28.4 Å². The highest BCUT2D eigenvalue weighted by Gasteiger charge is 2.37. The lowest BCUT2D eigenvalue weighted by Gasteiger charge is -2.25. The van der Waals surface area contributed by atoms with Crippen LogP contribution in [0.15, 0.2) is 66.7 Å². The summed E-state index contributed by atoms with van der Waals surface area (Å²) in [5.74, 6) is 0. The van der Waals surface area contributed by atoms with Gasteiger partial charge in [-0.25, -0.2) is 0 Å². The van der Waals surface area contributed by atoms with Gasteiger partial charge in [0.25, 0.3) is 0 Å². The molecule has 124 valence electrons. The Bertz CT molecular complexity index is 772. The number of aliphatic hydroxyl groups excluding tert-OH is 1. The molecule has 0 amide bonds. The summed E-state index contributed by atoms with van der Waals surface area (Å²) >= 11 is 1.77. The van der Waals surface area contributed by atoms with Gasteiger partial charge in [0, 0.05) is 24.0 Å². The van der Waals surface area contributed by atoms with Crippen LogP contribution in [0.4, 0.5) is 0 Å². The molecular weight excluding hydrogens is 336 g/mol. The number of hydrogen-bond acceptors (Lipinski definition) is 4. The first-order chi connectivity index (χ1) is 11.7. The fourth-order valence-corrected chi connectivity index (χ4v) is 5.45. The Morgan fingerprint density at radius 3 is 1.83 bits per heavy atom. The van der Waals surface area contributed by atoms with Gasteiger partial charge in [0.1, 0.15) is 0 Å². The summed E-state index contributed by atoms with van der Waals surface area (Å²) in [5.41, 5.74) is 2.38. The zero-order chi connectivity index (χ0) is 17.0. The topological polar surface area (TPSA) is 38.7 Å². The van der Waals surface area contributed by atoms with E-state index in [-0.39, 0.29) is 6.23 Å². The van der Waals surface area contributed by atoms with Gasteiger partial charge in [0.15, 0.2) is 0 Å². The van der Waals surface area contributed by atoms with Gasteiger partial charge in [0.2, 0.25) is 0 Å². The molecule has 0 fully saturated rings. The van der Waals surface area contributed by atoms with Crippen LogP contribution in [0.1, 0.15) is 0 Å². The Balaban J connectivity index is 1.88. The molecule has 0 radical (unpaired) electrons. The molecule has 1 aromatic heterocycles. The molecule has 0 unspecified atom stereocenters. The zero-order valence-electron chi connectivity index (χ0n) is 13.7. The van der Waals surface area contributed by atoms with Gasteiger partial charge >= 0.3 is 8.56 Å². The van der Waals surface area contributed by atoms with Crippen LogP contribution in [0.2, 0.25) is 0 Å². The second-order valence-corrected chi connectivity index (χ2v) is 9.73. The Hall–Kier alpha value is -1.76. The average molecular weight is 357 g/mol. The summed E-state index contributed by atoms with van der Waals surface area (Å²) in [4.78, 5) is 2.47. The molecule has 3 rings (SSSR count). The molecule has 0 aliphatic rings. The molecule has 3 nitrogen and oxygen atoms in total. The van der Waals surface area contributed by atoms with E-state index in [0.29, 0.717) is 0 Å². The molecule has 0 aliphatic heterocycles. The number of rotatable bonds is 6. The minimum absolute atomic E-state index is 0.101. The van der Waals surface area contributed by atoms with Crippen LogP contribution in [-0.2, 0) is 8.85 Å². The van der Waals surface area contributed by atoms with Crippen molar-refractivity contribution in [3.63, 3.8) is 0 Å². The highest BCUT2D eigenvalue weighted by Crippen LogP contribution is 2.34. The second-order valence-electron chi connectivity index (χ2n) is 5.43. The standard InChI is InChI=1S/C19H20O3SSi/c1-21-24(14-20,22-2)17-10-8-16(9-11-17)19-13-12-18(23-19)15-6-4-3-5-7-15/h3-13,20H,14H2,1-2H3. The quantitative estimate of drug-likeness (QED) is 0.687. The average Bonchev–Trinajstić information content (AvgIpc) is 3.15. The second kappa shape index (κ2) is 7.42. The third-order valence-electron chi connectivity index (χ3n) is 4.14. The van der Waals surface area contributed by atoms with Crippen LogP contribution in [0.3, 0.4) is 0 Å². The number of aliphatic hydroxyl groups is 1. The lowest BCUT2D eigenvalue weighted by molar-refractivity contribution is 0.211. The summed E-state index contributed by atoms with van der Waals surface area (Å²) in [5, 5.41) is 10.6. The van der Waals surface area contributed by atoms with Gasteiger partial charge in [0.05, 0.1) is 6.23 Å². The summed E-state index contributed by atoms with van der Waals surface area (Å²) in [7, 11) is 0.471. The van der Waals surface area contributed by atoms with Crippen molar-refractivity contribution < 1.29 is 14.0 Å². The summed E-state index contributed by atoms with van der Waals surface area (Å²) in [6, 6.07) is 22.8. The van der Waals surface area contributed by atoms with E-state index in [1.807, 2.05) is 18.2 Å². The number of benzene rings is 2. The van der Waals surface area contributed by atoms with E-state index >= 15 is 0 Å². The molecule has 2 aromatic carbocycles. The predicted octanol–water partition coefficient (Wildman–Crippen LogP) is 3.56. The minimum Gasteiger partial charge on any atom is -0.394 e. The maximum Gasteiger partial charge on any atom is 0.398 e. The van der Waals surface area contributed by atoms with E-state index in [4.69, 9.17) is 8.85 Å². The Labute approximate surface area is 147 Å². The van der Waals surface area contributed by atoms with E-state index < -0.39 is 8.56 Å². The fraction of sp³-hybridized carbons (Fsp3) is 0.158. The summed E-state index contributed by atoms with van der Waals surface area (Å²) < 4.78 is 11.0. The van der Waals surface area contributed by atoms with Crippen molar-refractivity contribution in [2.24, 2.45) is 0 Å². The molecule has 0 spiro atoms. The lowest BCUT2D eigenvalue weighted by Crippen LogP contribution is -2.56. The highest BCUT2D eigenvalue weighted by atomic mass is 32.1. The van der Waals surface area contributed by atoms with Crippen molar-refractivity contribution >= 4 is 25.1 Å². The van der Waals surface area contributed by atoms with Crippen molar-refractivity contribution in [3.8, 4) is 20.9 Å². The first-order valence-corrected chi connectivity index (χ1v) is 10.5. The van der Waals surface area contributed by atoms with Crippen LogP contribution in [-0.4, -0.2) is 34.1 Å². The molecular formula is C19H20O3SSi. The molecule has 3 aromatic rings. The maximum atomic E-state index is 9.66. The molecule has 1 heterocycles. The molecule has 5 heteroatoms. The summed E-state index contributed by atoms with van der Waals surface area (Å²) in [6.07, 6.45) is -0.101. The van der Waals surface area contributed by atoms with Crippen molar-refractivity contribution in [1.29, 1.82) is 0 Å². The van der Waals surface area contributed by atoms with E-state index in [2.05, 4.69) is 48.5 Å². The van der Waals surface area contributed by atoms with Crippen molar-refractivity contribution in [2.75, 3.05) is 20.4 Å². The van der Waals surface area contributed by atoms with Crippen molar-refractivity contribution in [2.45, 2.75) is 0 Å². The molecule has 0 aliphatic carbocycles. The van der Waals surface area contributed by atoms with Gasteiger partial charge in [-0.15, -0.1) is 11.3 Å². The molecule has 0 saturated carbocycles. The molecule has 1 N–H and O–H groups in total. The Morgan fingerprint density at radius 1 is 0.792 bits per heavy atom. The Kier molecular flexibility index (Phi) is 5.28. The largest absolute Gasteiger partial charge is 0.398 e. The first kappa shape index (κ1) is 17.1. The maximum absolute atomic E-state index is 9.66. The molecule has 0 bridgehead atoms. The van der Waals surface area contributed by atoms with Crippen LogP contribution < -0.4 is 5.19 Å². The minimum atomic E-state index is -2.71. The van der Waals surface area contributed by atoms with E-state index in [0.717, 1.165) is 10.8 Å². The number of thiophene rings is 1. The van der Waals surface area contributed by atoms with Gasteiger partial charge in [-0.1, -0.05) is 54.6 Å². The van der Waals surface area contributed by atoms with E-state index in [1.54, 1.807) is 25.6 Å². The third-order valence-corrected chi connectivity index (χ3v) is 8.27. The normalized spacial score (nSPS) is 11.6. The smallest absolute Gasteiger partial charge is 0.394 e. The van der Waals surface area contributed by atoms with Crippen molar-refractivity contribution in [3.05, 3.63) is 66.7 Å². The summed E-state index contributed by atoms with van der Waals surface area (Å²) in [6.45, 7) is 0. The SMILES string of the molecule is CO[Si](CO)(OC)c1ccc(-c2ccc(-c3ccccc3)s2)cc1. The highest BCUT2D eigenvalue weighted by molar-refractivity contribution is 7.18. The molecule has 0 atom stereocenters. The predicted molar refractivity (Wildman–Crippen MR) is 102 cm³/mol. The van der Waals surface area contributed by atoms with Gasteiger partial charge in [-0.3, -0.25) is 0 Å². The van der Waals surface area contributed by atoms with Crippen LogP contribution in [0, 0.1) is 0 Å². The monoisotopic (exact) mass is 356 g/mol. The van der Waals surface area contributed by atoms with Gasteiger partial charge < -0.3 is 14.0 Å². The zero-order valence-corrected chi connectivity index (χ0v) is 15.5. The van der Waals surface area contributed by atoms with Crippen molar-refractivity contribution in [1.82, 2.24) is 0 Å². The fourth-order valence-electron chi connectivity index (χ4n) is 2.68. The third kappa shape index (κ3) is 3.22. The van der Waals surface area contributed by atoms with E-state index in [1.165, 1.54) is 15.3 Å². The first-order valence-electron chi connectivity index (χ1n) is 7.70. The van der Waals surface area contributed by atoms with Crippen LogP contribution in [0.5, 0.6) is 0 Å². The lowest BCUT2D eigenvalue weighted by atomic mass is 10.1. The molecule has 0 saturated heterocycles.